The minimum absolute atomic E-state index is 0.517. The molecule has 19 heavy (non-hydrogen) atoms. The Kier molecular flexibility index (Phi) is 3.31. The van der Waals surface area contributed by atoms with Crippen molar-refractivity contribution in [1.82, 2.24) is 4.98 Å². The molecule has 1 aliphatic rings. The first-order chi connectivity index (χ1) is 9.31. The van der Waals surface area contributed by atoms with Crippen LogP contribution in [-0.4, -0.2) is 29.6 Å². The van der Waals surface area contributed by atoms with Crippen LogP contribution in [0.25, 0.3) is 10.9 Å². The fraction of sp³-hybridized carbons (Fsp3) is 0.333. The van der Waals surface area contributed by atoms with Crippen molar-refractivity contribution in [2.75, 3.05) is 23.5 Å². The van der Waals surface area contributed by atoms with E-state index in [4.69, 9.17) is 0 Å². The number of hydrogen-bond acceptors (Lipinski definition) is 4. The van der Waals surface area contributed by atoms with Gasteiger partial charge in [-0.25, -0.2) is 0 Å². The number of nitriles is 1. The Bertz CT molecular complexity index is 641. The number of thioether (sulfide) groups is 1. The number of hydrogen-bond donors (Lipinski definition) is 0. The average molecular weight is 269 g/mol. The minimum atomic E-state index is 0.517. The standard InChI is InChI=1S/C15H15N3S/c1-18(12-6-7-19-10-12)15-11(8-16)9-17-14-5-3-2-4-13(14)15/h2-5,9,12H,6-7,10H2,1H3. The Labute approximate surface area is 117 Å². The zero-order chi connectivity index (χ0) is 13.2. The van der Waals surface area contributed by atoms with Gasteiger partial charge in [0.2, 0.25) is 0 Å². The van der Waals surface area contributed by atoms with Crippen molar-refractivity contribution in [3.8, 4) is 6.07 Å². The molecule has 1 atom stereocenters. The van der Waals surface area contributed by atoms with Crippen molar-refractivity contribution in [2.24, 2.45) is 0 Å². The van der Waals surface area contributed by atoms with Crippen molar-refractivity contribution in [2.45, 2.75) is 12.5 Å². The van der Waals surface area contributed by atoms with Gasteiger partial charge >= 0.3 is 0 Å². The lowest BCUT2D eigenvalue weighted by Gasteiger charge is -2.28. The molecule has 1 saturated heterocycles. The summed E-state index contributed by atoms with van der Waals surface area (Å²) in [5.41, 5.74) is 2.65. The van der Waals surface area contributed by atoms with E-state index in [1.54, 1.807) is 6.20 Å². The van der Waals surface area contributed by atoms with Crippen molar-refractivity contribution < 1.29 is 0 Å². The first-order valence-electron chi connectivity index (χ1n) is 6.39. The zero-order valence-corrected chi connectivity index (χ0v) is 11.7. The van der Waals surface area contributed by atoms with E-state index in [0.717, 1.165) is 22.3 Å². The fourth-order valence-electron chi connectivity index (χ4n) is 2.60. The number of fused-ring (bicyclic) bond motifs is 1. The van der Waals surface area contributed by atoms with Gasteiger partial charge in [0.25, 0.3) is 0 Å². The molecular weight excluding hydrogens is 254 g/mol. The summed E-state index contributed by atoms with van der Waals surface area (Å²) in [5, 5.41) is 10.4. The summed E-state index contributed by atoms with van der Waals surface area (Å²) in [6, 6.07) is 10.8. The number of pyridine rings is 1. The molecule has 1 unspecified atom stereocenters. The van der Waals surface area contributed by atoms with Gasteiger partial charge in [0.15, 0.2) is 0 Å². The fourth-order valence-corrected chi connectivity index (χ4v) is 3.87. The lowest BCUT2D eigenvalue weighted by atomic mass is 10.1. The summed E-state index contributed by atoms with van der Waals surface area (Å²) in [6.45, 7) is 0. The SMILES string of the molecule is CN(c1c(C#N)cnc2ccccc12)C1CCSC1. The van der Waals surface area contributed by atoms with Crippen LogP contribution >= 0.6 is 11.8 Å². The first-order valence-corrected chi connectivity index (χ1v) is 7.55. The smallest absolute Gasteiger partial charge is 0.103 e. The molecule has 1 aromatic heterocycles. The third-order valence-electron chi connectivity index (χ3n) is 3.67. The molecule has 3 rings (SSSR count). The Morgan fingerprint density at radius 3 is 3.00 bits per heavy atom. The largest absolute Gasteiger partial charge is 0.369 e. The second-order valence-electron chi connectivity index (χ2n) is 4.78. The van der Waals surface area contributed by atoms with E-state index in [9.17, 15) is 5.26 Å². The number of aromatic nitrogens is 1. The highest BCUT2D eigenvalue weighted by molar-refractivity contribution is 7.99. The molecule has 96 valence electrons. The van der Waals surface area contributed by atoms with Crippen LogP contribution < -0.4 is 4.90 Å². The summed E-state index contributed by atoms with van der Waals surface area (Å²) < 4.78 is 0. The predicted molar refractivity (Wildman–Crippen MR) is 80.6 cm³/mol. The van der Waals surface area contributed by atoms with Crippen molar-refractivity contribution in [1.29, 1.82) is 5.26 Å². The van der Waals surface area contributed by atoms with E-state index in [-0.39, 0.29) is 0 Å². The van der Waals surface area contributed by atoms with Gasteiger partial charge in [0, 0.05) is 30.4 Å². The van der Waals surface area contributed by atoms with Gasteiger partial charge in [0.1, 0.15) is 6.07 Å². The van der Waals surface area contributed by atoms with Crippen LogP contribution in [0.15, 0.2) is 30.5 Å². The predicted octanol–water partition coefficient (Wildman–Crippen LogP) is 3.05. The molecule has 0 radical (unpaired) electrons. The van der Waals surface area contributed by atoms with E-state index in [2.05, 4.69) is 29.1 Å². The summed E-state index contributed by atoms with van der Waals surface area (Å²) in [4.78, 5) is 6.63. The van der Waals surface area contributed by atoms with E-state index in [1.807, 2.05) is 30.0 Å². The summed E-state index contributed by atoms with van der Waals surface area (Å²) >= 11 is 1.98. The lowest BCUT2D eigenvalue weighted by Crippen LogP contribution is -2.32. The van der Waals surface area contributed by atoms with Crippen molar-refractivity contribution in [3.05, 3.63) is 36.0 Å². The minimum Gasteiger partial charge on any atom is -0.369 e. The molecule has 0 amide bonds. The Morgan fingerprint density at radius 2 is 2.26 bits per heavy atom. The molecule has 1 aromatic carbocycles. The topological polar surface area (TPSA) is 39.9 Å². The van der Waals surface area contributed by atoms with Crippen LogP contribution in [0.5, 0.6) is 0 Å². The molecule has 1 aliphatic heterocycles. The van der Waals surface area contributed by atoms with Crippen LogP contribution in [0.1, 0.15) is 12.0 Å². The molecule has 2 heterocycles. The molecule has 0 bridgehead atoms. The highest BCUT2D eigenvalue weighted by Gasteiger charge is 2.23. The zero-order valence-electron chi connectivity index (χ0n) is 10.8. The molecule has 0 spiro atoms. The van der Waals surface area contributed by atoms with Gasteiger partial charge in [-0.2, -0.15) is 17.0 Å². The summed E-state index contributed by atoms with van der Waals surface area (Å²) in [7, 11) is 2.10. The number of para-hydroxylation sites is 1. The van der Waals surface area contributed by atoms with Crippen LogP contribution in [0, 0.1) is 11.3 Å². The van der Waals surface area contributed by atoms with Gasteiger partial charge in [0.05, 0.1) is 16.8 Å². The van der Waals surface area contributed by atoms with Gasteiger partial charge in [-0.05, 0) is 18.2 Å². The number of benzene rings is 1. The molecular formula is C15H15N3S. The second kappa shape index (κ2) is 5.10. The lowest BCUT2D eigenvalue weighted by molar-refractivity contribution is 0.701. The average Bonchev–Trinajstić information content (AvgIpc) is 2.99. The van der Waals surface area contributed by atoms with Crippen LogP contribution in [0.2, 0.25) is 0 Å². The van der Waals surface area contributed by atoms with Crippen molar-refractivity contribution in [3.63, 3.8) is 0 Å². The number of anilines is 1. The maximum absolute atomic E-state index is 9.35. The second-order valence-corrected chi connectivity index (χ2v) is 5.93. The molecule has 0 saturated carbocycles. The third kappa shape index (κ3) is 2.15. The highest BCUT2D eigenvalue weighted by Crippen LogP contribution is 2.33. The quantitative estimate of drug-likeness (QED) is 0.840. The van der Waals surface area contributed by atoms with Crippen LogP contribution in [0.3, 0.4) is 0 Å². The van der Waals surface area contributed by atoms with E-state index in [1.165, 1.54) is 12.2 Å². The molecule has 1 fully saturated rings. The van der Waals surface area contributed by atoms with E-state index >= 15 is 0 Å². The van der Waals surface area contributed by atoms with E-state index in [0.29, 0.717) is 11.6 Å². The van der Waals surface area contributed by atoms with Gasteiger partial charge in [-0.1, -0.05) is 18.2 Å². The Hall–Kier alpha value is -1.73. The Balaban J connectivity index is 2.16. The maximum atomic E-state index is 9.35. The summed E-state index contributed by atoms with van der Waals surface area (Å²) in [5.74, 6) is 2.35. The van der Waals surface area contributed by atoms with Gasteiger partial charge in [-0.3, -0.25) is 4.98 Å². The molecule has 2 aromatic rings. The molecule has 3 nitrogen and oxygen atoms in total. The van der Waals surface area contributed by atoms with Crippen LogP contribution in [-0.2, 0) is 0 Å². The molecule has 4 heteroatoms. The van der Waals surface area contributed by atoms with Crippen molar-refractivity contribution >= 4 is 28.4 Å². The number of rotatable bonds is 2. The molecule has 0 aliphatic carbocycles. The van der Waals surface area contributed by atoms with Crippen LogP contribution in [0.4, 0.5) is 5.69 Å². The highest BCUT2D eigenvalue weighted by atomic mass is 32.2. The first kappa shape index (κ1) is 12.3. The maximum Gasteiger partial charge on any atom is 0.103 e. The Morgan fingerprint density at radius 1 is 1.42 bits per heavy atom. The van der Waals surface area contributed by atoms with E-state index < -0.39 is 0 Å². The monoisotopic (exact) mass is 269 g/mol. The van der Waals surface area contributed by atoms with Gasteiger partial charge in [-0.15, -0.1) is 0 Å². The normalized spacial score (nSPS) is 18.4. The van der Waals surface area contributed by atoms with Gasteiger partial charge < -0.3 is 4.90 Å². The summed E-state index contributed by atoms with van der Waals surface area (Å²) in [6.07, 6.45) is 2.87. The third-order valence-corrected chi connectivity index (χ3v) is 4.82. The number of nitrogens with zero attached hydrogens (tertiary/aromatic N) is 3. The molecule has 0 N–H and O–H groups in total.